The van der Waals surface area contributed by atoms with Crippen molar-refractivity contribution in [3.8, 4) is 11.5 Å². The van der Waals surface area contributed by atoms with E-state index in [1.165, 1.54) is 12.1 Å². The van der Waals surface area contributed by atoms with Crippen LogP contribution in [0, 0.1) is 0 Å². The Bertz CT molecular complexity index is 323. The number of hydrogen-bond acceptors (Lipinski definition) is 3. The van der Waals surface area contributed by atoms with Gasteiger partial charge < -0.3 is 9.84 Å². The number of aromatic hydroxyl groups is 1. The monoisotopic (exact) mass is 292 g/mol. The van der Waals surface area contributed by atoms with Crippen molar-refractivity contribution in [2.45, 2.75) is 6.92 Å². The maximum Gasteiger partial charge on any atom is 0.222 e. The molecule has 3 nitrogen and oxygen atoms in total. The van der Waals surface area contributed by atoms with Crippen LogP contribution in [0.4, 0.5) is 0 Å². The number of phenols is 1. The SMILES string of the molecule is CCOc1cc(C(=O)I)ccc1O. The topological polar surface area (TPSA) is 46.5 Å². The molecule has 1 aromatic rings. The summed E-state index contributed by atoms with van der Waals surface area (Å²) in [5.74, 6) is 0.410. The standard InChI is InChI=1S/C9H9IO3/c1-2-13-8-5-6(9(10)12)3-4-7(8)11/h3-5,11H,2H2,1H3. The molecule has 0 bridgehead atoms. The van der Waals surface area contributed by atoms with E-state index in [1.807, 2.05) is 6.92 Å². The van der Waals surface area contributed by atoms with Crippen LogP contribution in [0.25, 0.3) is 0 Å². The molecule has 1 N–H and O–H groups in total. The molecule has 0 saturated carbocycles. The van der Waals surface area contributed by atoms with Gasteiger partial charge in [-0.2, -0.15) is 0 Å². The molecule has 0 radical (unpaired) electrons. The number of rotatable bonds is 3. The van der Waals surface area contributed by atoms with Crippen molar-refractivity contribution in [2.75, 3.05) is 6.61 Å². The summed E-state index contributed by atoms with van der Waals surface area (Å²) < 4.78 is 5.05. The van der Waals surface area contributed by atoms with Gasteiger partial charge in [0.15, 0.2) is 11.5 Å². The smallest absolute Gasteiger partial charge is 0.222 e. The van der Waals surface area contributed by atoms with E-state index in [4.69, 9.17) is 4.74 Å². The van der Waals surface area contributed by atoms with Crippen LogP contribution in [0.2, 0.25) is 0 Å². The van der Waals surface area contributed by atoms with E-state index in [-0.39, 0.29) is 9.54 Å². The molecule has 0 aromatic heterocycles. The van der Waals surface area contributed by atoms with Gasteiger partial charge in [0.05, 0.1) is 6.61 Å². The summed E-state index contributed by atoms with van der Waals surface area (Å²) in [4.78, 5) is 11.0. The van der Waals surface area contributed by atoms with Crippen molar-refractivity contribution in [1.29, 1.82) is 0 Å². The van der Waals surface area contributed by atoms with Crippen molar-refractivity contribution in [1.82, 2.24) is 0 Å². The fourth-order valence-electron chi connectivity index (χ4n) is 0.908. The number of benzene rings is 1. The minimum absolute atomic E-state index is 0.0586. The maximum atomic E-state index is 11.0. The number of halogens is 1. The van der Waals surface area contributed by atoms with Gasteiger partial charge in [-0.15, -0.1) is 0 Å². The third-order valence-electron chi connectivity index (χ3n) is 1.49. The Morgan fingerprint density at radius 2 is 2.31 bits per heavy atom. The minimum Gasteiger partial charge on any atom is -0.504 e. The Labute approximate surface area is 89.9 Å². The van der Waals surface area contributed by atoms with Crippen LogP contribution < -0.4 is 4.74 Å². The molecule has 0 saturated heterocycles. The Balaban J connectivity index is 3.03. The summed E-state index contributed by atoms with van der Waals surface area (Å²) in [6, 6.07) is 4.55. The lowest BCUT2D eigenvalue weighted by Crippen LogP contribution is -1.94. The van der Waals surface area contributed by atoms with E-state index in [2.05, 4.69) is 0 Å². The molecule has 1 rings (SSSR count). The van der Waals surface area contributed by atoms with Crippen LogP contribution in [0.3, 0.4) is 0 Å². The van der Waals surface area contributed by atoms with Gasteiger partial charge in [-0.3, -0.25) is 4.79 Å². The summed E-state index contributed by atoms with van der Waals surface area (Å²) in [5.41, 5.74) is 0.529. The summed E-state index contributed by atoms with van der Waals surface area (Å²) in [6.45, 7) is 2.28. The van der Waals surface area contributed by atoms with E-state index in [0.717, 1.165) is 0 Å². The minimum atomic E-state index is -0.0708. The van der Waals surface area contributed by atoms with Crippen LogP contribution in [-0.2, 0) is 0 Å². The zero-order valence-corrected chi connectivity index (χ0v) is 9.24. The lowest BCUT2D eigenvalue weighted by atomic mass is 10.2. The molecule has 0 heterocycles. The molecular weight excluding hydrogens is 283 g/mol. The molecule has 4 heteroatoms. The lowest BCUT2D eigenvalue weighted by molar-refractivity contribution is 0.110. The van der Waals surface area contributed by atoms with E-state index in [1.54, 1.807) is 28.7 Å². The van der Waals surface area contributed by atoms with Gasteiger partial charge >= 0.3 is 0 Å². The highest BCUT2D eigenvalue weighted by Crippen LogP contribution is 2.27. The first-order valence-corrected chi connectivity index (χ1v) is 4.88. The van der Waals surface area contributed by atoms with E-state index in [9.17, 15) is 9.90 Å². The third kappa shape index (κ3) is 2.58. The Morgan fingerprint density at radius 3 is 2.85 bits per heavy atom. The molecule has 0 amide bonds. The average Bonchev–Trinajstić information content (AvgIpc) is 2.08. The molecule has 0 atom stereocenters. The molecule has 0 aliphatic heterocycles. The molecule has 0 aliphatic carbocycles. The van der Waals surface area contributed by atoms with Crippen molar-refractivity contribution >= 4 is 26.4 Å². The number of carbonyl (C=O) groups is 1. The van der Waals surface area contributed by atoms with E-state index >= 15 is 0 Å². The second kappa shape index (κ2) is 4.45. The Kier molecular flexibility index (Phi) is 3.53. The zero-order valence-electron chi connectivity index (χ0n) is 7.08. The first-order valence-electron chi connectivity index (χ1n) is 3.80. The fraction of sp³-hybridized carbons (Fsp3) is 0.222. The fourth-order valence-corrected chi connectivity index (χ4v) is 1.24. The number of ether oxygens (including phenoxy) is 1. The van der Waals surface area contributed by atoms with Crippen molar-refractivity contribution in [3.63, 3.8) is 0 Å². The van der Waals surface area contributed by atoms with Gasteiger partial charge in [0.2, 0.25) is 3.79 Å². The highest BCUT2D eigenvalue weighted by molar-refractivity contribution is 14.1. The second-order valence-corrected chi connectivity index (χ2v) is 3.37. The molecule has 70 valence electrons. The number of hydrogen-bond donors (Lipinski definition) is 1. The third-order valence-corrected chi connectivity index (χ3v) is 2.11. The van der Waals surface area contributed by atoms with Crippen LogP contribution in [-0.4, -0.2) is 15.5 Å². The highest BCUT2D eigenvalue weighted by Gasteiger charge is 2.06. The van der Waals surface area contributed by atoms with Gasteiger partial charge in [-0.05, 0) is 25.1 Å². The first-order chi connectivity index (χ1) is 6.15. The van der Waals surface area contributed by atoms with Crippen molar-refractivity contribution in [2.24, 2.45) is 0 Å². The lowest BCUT2D eigenvalue weighted by Gasteiger charge is -2.05. The van der Waals surface area contributed by atoms with Crippen molar-refractivity contribution in [3.05, 3.63) is 23.8 Å². The maximum absolute atomic E-state index is 11.0. The van der Waals surface area contributed by atoms with Gasteiger partial charge in [0.25, 0.3) is 0 Å². The highest BCUT2D eigenvalue weighted by atomic mass is 127. The molecular formula is C9H9IO3. The summed E-state index contributed by atoms with van der Waals surface area (Å²) in [5, 5.41) is 9.31. The van der Waals surface area contributed by atoms with Gasteiger partial charge in [0.1, 0.15) is 0 Å². The van der Waals surface area contributed by atoms with Crippen LogP contribution in [0.5, 0.6) is 11.5 Å². The number of phenolic OH excluding ortho intramolecular Hbond substituents is 1. The Morgan fingerprint density at radius 1 is 1.62 bits per heavy atom. The zero-order chi connectivity index (χ0) is 9.84. The molecule has 0 aliphatic rings. The van der Waals surface area contributed by atoms with Crippen LogP contribution in [0.15, 0.2) is 18.2 Å². The first kappa shape index (κ1) is 10.3. The van der Waals surface area contributed by atoms with E-state index < -0.39 is 0 Å². The summed E-state index contributed by atoms with van der Waals surface area (Å²) in [7, 11) is 0. The van der Waals surface area contributed by atoms with Crippen LogP contribution >= 0.6 is 22.6 Å². The normalized spacial score (nSPS) is 9.69. The van der Waals surface area contributed by atoms with Gasteiger partial charge in [-0.1, -0.05) is 0 Å². The molecule has 0 fully saturated rings. The predicted octanol–water partition coefficient (Wildman–Crippen LogP) is 2.37. The molecule has 0 unspecified atom stereocenters. The predicted molar refractivity (Wildman–Crippen MR) is 57.6 cm³/mol. The van der Waals surface area contributed by atoms with E-state index in [0.29, 0.717) is 17.9 Å². The second-order valence-electron chi connectivity index (χ2n) is 2.39. The van der Waals surface area contributed by atoms with Gasteiger partial charge in [-0.25, -0.2) is 0 Å². The quantitative estimate of drug-likeness (QED) is 0.687. The molecule has 1 aromatic carbocycles. The number of carbonyl (C=O) groups excluding carboxylic acids is 1. The van der Waals surface area contributed by atoms with Gasteiger partial charge in [0, 0.05) is 28.2 Å². The molecule has 13 heavy (non-hydrogen) atoms. The van der Waals surface area contributed by atoms with Crippen LogP contribution in [0.1, 0.15) is 17.3 Å². The summed E-state index contributed by atoms with van der Waals surface area (Å²) in [6.07, 6.45) is 0. The average molecular weight is 292 g/mol. The molecule has 0 spiro atoms. The van der Waals surface area contributed by atoms with Crippen molar-refractivity contribution < 1.29 is 14.6 Å². The summed E-state index contributed by atoms with van der Waals surface area (Å²) >= 11 is 1.69. The largest absolute Gasteiger partial charge is 0.504 e. The Hall–Kier alpha value is -0.780.